The number of amides is 1. The average molecular weight is 382 g/mol. The highest BCUT2D eigenvalue weighted by atomic mass is 16.6. The molecule has 1 aromatic carbocycles. The van der Waals surface area contributed by atoms with E-state index in [1.807, 2.05) is 31.2 Å². The molecule has 3 aliphatic heterocycles. The molecule has 1 aliphatic carbocycles. The van der Waals surface area contributed by atoms with Crippen LogP contribution in [0.15, 0.2) is 35.9 Å². The summed E-state index contributed by atoms with van der Waals surface area (Å²) >= 11 is 0. The van der Waals surface area contributed by atoms with Gasteiger partial charge in [0.1, 0.15) is 5.78 Å². The fourth-order valence-corrected chi connectivity index (χ4v) is 6.08. The van der Waals surface area contributed by atoms with E-state index in [9.17, 15) is 14.7 Å². The van der Waals surface area contributed by atoms with Gasteiger partial charge in [-0.1, -0.05) is 29.8 Å². The first-order valence-corrected chi connectivity index (χ1v) is 10.1. The third-order valence-electron chi connectivity index (χ3n) is 7.34. The Bertz CT molecular complexity index is 881. The number of carbonyl (C=O) groups excluding carboxylic acids is 2. The third-order valence-corrected chi connectivity index (χ3v) is 7.34. The first-order chi connectivity index (χ1) is 13.5. The van der Waals surface area contributed by atoms with Crippen molar-refractivity contribution in [2.45, 2.75) is 37.5 Å². The molecule has 2 bridgehead atoms. The zero-order valence-electron chi connectivity index (χ0n) is 16.3. The molecule has 1 aromatic rings. The van der Waals surface area contributed by atoms with Crippen molar-refractivity contribution in [1.29, 1.82) is 0 Å². The molecule has 1 N–H and O–H groups in total. The van der Waals surface area contributed by atoms with Crippen molar-refractivity contribution in [3.63, 3.8) is 0 Å². The summed E-state index contributed by atoms with van der Waals surface area (Å²) in [6.07, 6.45) is 1.77. The highest BCUT2D eigenvalue weighted by Gasteiger charge is 2.65. The molecule has 0 unspecified atom stereocenters. The van der Waals surface area contributed by atoms with E-state index in [4.69, 9.17) is 4.74 Å². The molecule has 4 aliphatic rings. The molecule has 148 valence electrons. The van der Waals surface area contributed by atoms with Gasteiger partial charge in [0, 0.05) is 24.6 Å². The van der Waals surface area contributed by atoms with E-state index in [1.54, 1.807) is 4.90 Å². The molecule has 5 atom stereocenters. The fraction of sp³-hybridized carbons (Fsp3) is 0.545. The molecule has 3 heterocycles. The maximum Gasteiger partial charge on any atom is 0.284 e. The number of fused-ring (bicyclic) bond motifs is 5. The van der Waals surface area contributed by atoms with Gasteiger partial charge in [-0.2, -0.15) is 0 Å². The Kier molecular flexibility index (Phi) is 4.02. The predicted octanol–water partition coefficient (Wildman–Crippen LogP) is 1.48. The molecule has 1 amide bonds. The molecular formula is C22H26N2O4. The van der Waals surface area contributed by atoms with Crippen molar-refractivity contribution in [1.82, 2.24) is 4.90 Å². The molecule has 1 spiro atoms. The molecule has 0 aromatic heterocycles. The van der Waals surface area contributed by atoms with E-state index in [-0.39, 0.29) is 30.3 Å². The lowest BCUT2D eigenvalue weighted by atomic mass is 9.57. The molecule has 5 rings (SSSR count). The minimum absolute atomic E-state index is 0.0195. The number of Topliss-reactive ketones (excluding diaryl/α,β-unsaturated/α-hetero) is 1. The van der Waals surface area contributed by atoms with Crippen molar-refractivity contribution < 1.29 is 19.4 Å². The number of anilines is 1. The van der Waals surface area contributed by atoms with Crippen molar-refractivity contribution in [3.05, 3.63) is 41.5 Å². The molecule has 6 nitrogen and oxygen atoms in total. The lowest BCUT2D eigenvalue weighted by Gasteiger charge is -2.47. The number of nitrogens with zero attached hydrogens (tertiary/aromatic N) is 2. The summed E-state index contributed by atoms with van der Waals surface area (Å²) in [4.78, 5) is 30.8. The molecule has 2 saturated heterocycles. The standard InChI is InChI=1S/C22H26N2O4/c1-3-13-11-23(2)9-8-22-16-6-4-5-7-17(16)24-19(22)15(14(13)10-18(22)25)12-28-21(27)20(24)26/h3-7,14-15,19,21,27H,8-12H2,1-2H3/b13-3-/t14-,15+,19-,21-,22+/m0/s1. The van der Waals surface area contributed by atoms with Gasteiger partial charge in [0.05, 0.1) is 18.1 Å². The zero-order valence-corrected chi connectivity index (χ0v) is 16.3. The fourth-order valence-electron chi connectivity index (χ4n) is 6.08. The van der Waals surface area contributed by atoms with Crippen LogP contribution in [0.2, 0.25) is 0 Å². The Morgan fingerprint density at radius 2 is 2.07 bits per heavy atom. The van der Waals surface area contributed by atoms with E-state index in [0.717, 1.165) is 24.3 Å². The normalized spacial score (nSPS) is 39.2. The molecule has 6 heteroatoms. The molecule has 28 heavy (non-hydrogen) atoms. The second kappa shape index (κ2) is 6.24. The summed E-state index contributed by atoms with van der Waals surface area (Å²) in [6.45, 7) is 3.89. The van der Waals surface area contributed by atoms with Gasteiger partial charge in [-0.25, -0.2) is 0 Å². The number of ketones is 1. The Balaban J connectivity index is 1.79. The average Bonchev–Trinajstić information content (AvgIpc) is 2.97. The van der Waals surface area contributed by atoms with Crippen LogP contribution in [0, 0.1) is 11.8 Å². The van der Waals surface area contributed by atoms with Crippen LogP contribution < -0.4 is 4.90 Å². The Hall–Kier alpha value is -2.02. The van der Waals surface area contributed by atoms with Crippen LogP contribution in [-0.2, 0) is 19.7 Å². The number of allylic oxidation sites excluding steroid dienone is 1. The highest BCUT2D eigenvalue weighted by molar-refractivity contribution is 6.06. The quantitative estimate of drug-likeness (QED) is 0.689. The van der Waals surface area contributed by atoms with E-state index in [1.165, 1.54) is 5.57 Å². The predicted molar refractivity (Wildman–Crippen MR) is 104 cm³/mol. The van der Waals surface area contributed by atoms with Crippen LogP contribution in [0.4, 0.5) is 5.69 Å². The van der Waals surface area contributed by atoms with Crippen molar-refractivity contribution >= 4 is 17.4 Å². The molecule has 3 fully saturated rings. The first-order valence-electron chi connectivity index (χ1n) is 10.1. The van der Waals surface area contributed by atoms with E-state index in [0.29, 0.717) is 12.8 Å². The molecule has 0 radical (unpaired) electrons. The van der Waals surface area contributed by atoms with Gasteiger partial charge in [-0.3, -0.25) is 9.59 Å². The number of benzene rings is 1. The SMILES string of the molecule is C/C=C1/CN(C)CC[C@]23C(=O)C[C@@H]1[C@H]1CO[C@H](O)C(=O)N(c4ccccc42)[C@@H]13. The van der Waals surface area contributed by atoms with Gasteiger partial charge in [0.2, 0.25) is 6.29 Å². The lowest BCUT2D eigenvalue weighted by Crippen LogP contribution is -2.61. The lowest BCUT2D eigenvalue weighted by molar-refractivity contribution is -0.154. The Morgan fingerprint density at radius 1 is 1.29 bits per heavy atom. The second-order valence-corrected chi connectivity index (χ2v) is 8.58. The summed E-state index contributed by atoms with van der Waals surface area (Å²) < 4.78 is 5.61. The van der Waals surface area contributed by atoms with E-state index in [2.05, 4.69) is 18.0 Å². The van der Waals surface area contributed by atoms with Gasteiger partial charge >= 0.3 is 0 Å². The maximum absolute atomic E-state index is 13.8. The number of rotatable bonds is 0. The number of ether oxygens (including phenoxy) is 1. The largest absolute Gasteiger partial charge is 0.360 e. The third kappa shape index (κ3) is 2.19. The highest BCUT2D eigenvalue weighted by Crippen LogP contribution is 2.57. The van der Waals surface area contributed by atoms with Crippen molar-refractivity contribution in [2.24, 2.45) is 11.8 Å². The number of para-hydroxylation sites is 1. The van der Waals surface area contributed by atoms with Crippen LogP contribution in [0.25, 0.3) is 0 Å². The van der Waals surface area contributed by atoms with Gasteiger partial charge in [-0.05, 0) is 44.5 Å². The van der Waals surface area contributed by atoms with Crippen LogP contribution in [0.3, 0.4) is 0 Å². The van der Waals surface area contributed by atoms with E-state index >= 15 is 0 Å². The summed E-state index contributed by atoms with van der Waals surface area (Å²) in [5.74, 6) is -0.243. The number of carbonyl (C=O) groups is 2. The number of aliphatic hydroxyl groups is 1. The zero-order chi connectivity index (χ0) is 19.6. The smallest absolute Gasteiger partial charge is 0.284 e. The molecule has 1 saturated carbocycles. The van der Waals surface area contributed by atoms with Crippen LogP contribution in [0.5, 0.6) is 0 Å². The topological polar surface area (TPSA) is 70.1 Å². The summed E-state index contributed by atoms with van der Waals surface area (Å²) in [5.41, 5.74) is 2.19. The second-order valence-electron chi connectivity index (χ2n) is 8.58. The minimum atomic E-state index is -1.48. The number of hydrogen-bond acceptors (Lipinski definition) is 5. The van der Waals surface area contributed by atoms with Gasteiger partial charge in [0.25, 0.3) is 5.91 Å². The first kappa shape index (κ1) is 18.0. The van der Waals surface area contributed by atoms with E-state index < -0.39 is 17.6 Å². The number of hydrogen-bond donors (Lipinski definition) is 1. The van der Waals surface area contributed by atoms with Gasteiger partial charge in [-0.15, -0.1) is 0 Å². The minimum Gasteiger partial charge on any atom is -0.360 e. The van der Waals surface area contributed by atoms with Crippen LogP contribution in [-0.4, -0.2) is 60.8 Å². The molecular weight excluding hydrogens is 356 g/mol. The Labute approximate surface area is 164 Å². The van der Waals surface area contributed by atoms with Gasteiger partial charge < -0.3 is 19.6 Å². The summed E-state index contributed by atoms with van der Waals surface area (Å²) in [5, 5.41) is 10.3. The summed E-state index contributed by atoms with van der Waals surface area (Å²) in [6, 6.07) is 7.42. The maximum atomic E-state index is 13.8. The van der Waals surface area contributed by atoms with Crippen LogP contribution in [0.1, 0.15) is 25.3 Å². The summed E-state index contributed by atoms with van der Waals surface area (Å²) in [7, 11) is 2.09. The van der Waals surface area contributed by atoms with Gasteiger partial charge in [0.15, 0.2) is 0 Å². The van der Waals surface area contributed by atoms with Crippen molar-refractivity contribution in [3.8, 4) is 0 Å². The van der Waals surface area contributed by atoms with Crippen LogP contribution >= 0.6 is 0 Å². The number of aliphatic hydroxyl groups excluding tert-OH is 1. The number of likely N-dealkylation sites (N-methyl/N-ethyl adjacent to an activating group) is 1. The van der Waals surface area contributed by atoms with Crippen molar-refractivity contribution in [2.75, 3.05) is 31.6 Å². The monoisotopic (exact) mass is 382 g/mol. The Morgan fingerprint density at radius 3 is 2.86 bits per heavy atom.